The number of rotatable bonds is 3. The predicted molar refractivity (Wildman–Crippen MR) is 115 cm³/mol. The van der Waals surface area contributed by atoms with Gasteiger partial charge in [-0.1, -0.05) is 30.3 Å². The lowest BCUT2D eigenvalue weighted by atomic mass is 10.0. The number of hydrogen-bond acceptors (Lipinski definition) is 5. The normalized spacial score (nSPS) is 21.2. The first-order valence-electron chi connectivity index (χ1n) is 9.98. The summed E-state index contributed by atoms with van der Waals surface area (Å²) in [6.07, 6.45) is 2.99. The molecular formula is C23H21N3O4S. The van der Waals surface area contributed by atoms with Gasteiger partial charge in [0.05, 0.1) is 23.0 Å². The van der Waals surface area contributed by atoms with Gasteiger partial charge in [-0.15, -0.1) is 0 Å². The molecule has 1 saturated heterocycles. The van der Waals surface area contributed by atoms with E-state index in [1.165, 1.54) is 4.31 Å². The van der Waals surface area contributed by atoms with Gasteiger partial charge in [-0.2, -0.15) is 4.31 Å². The molecular weight excluding hydrogens is 414 g/mol. The SMILES string of the molecule is CN1C(=O)c2ccc(-c3cccnc3)cc2O[C@H]2CN(S(=O)(=O)c3ccccc3)C[C@H]21. The summed E-state index contributed by atoms with van der Waals surface area (Å²) in [5.41, 5.74) is 2.27. The third-order valence-corrected chi connectivity index (χ3v) is 7.73. The molecule has 2 aliphatic rings. The zero-order valence-corrected chi connectivity index (χ0v) is 17.7. The van der Waals surface area contributed by atoms with E-state index in [-0.39, 0.29) is 29.9 Å². The van der Waals surface area contributed by atoms with Crippen LogP contribution in [0.1, 0.15) is 10.4 Å². The van der Waals surface area contributed by atoms with Gasteiger partial charge in [0.2, 0.25) is 10.0 Å². The molecule has 0 radical (unpaired) electrons. The number of pyridine rings is 1. The molecule has 0 spiro atoms. The van der Waals surface area contributed by atoms with E-state index in [0.29, 0.717) is 11.3 Å². The fraction of sp³-hybridized carbons (Fsp3) is 0.217. The van der Waals surface area contributed by atoms with Gasteiger partial charge in [0.1, 0.15) is 11.9 Å². The van der Waals surface area contributed by atoms with Crippen LogP contribution in [0.4, 0.5) is 0 Å². The van der Waals surface area contributed by atoms with E-state index in [1.807, 2.05) is 24.3 Å². The Labute approximate surface area is 180 Å². The number of carbonyl (C=O) groups is 1. The van der Waals surface area contributed by atoms with Crippen molar-refractivity contribution in [3.63, 3.8) is 0 Å². The third-order valence-electron chi connectivity index (χ3n) is 5.89. The molecule has 3 heterocycles. The van der Waals surface area contributed by atoms with Crippen LogP contribution in [0.15, 0.2) is 78.0 Å². The maximum absolute atomic E-state index is 13.1. The number of fused-ring (bicyclic) bond motifs is 2. The number of ether oxygens (including phenoxy) is 1. The number of benzene rings is 2. The van der Waals surface area contributed by atoms with Crippen molar-refractivity contribution >= 4 is 15.9 Å². The molecule has 1 amide bonds. The van der Waals surface area contributed by atoms with Crippen LogP contribution in [-0.2, 0) is 10.0 Å². The molecule has 0 unspecified atom stereocenters. The summed E-state index contributed by atoms with van der Waals surface area (Å²) < 4.78 is 33.8. The Hall–Kier alpha value is -3.23. The van der Waals surface area contributed by atoms with Crippen molar-refractivity contribution < 1.29 is 17.9 Å². The average molecular weight is 436 g/mol. The highest BCUT2D eigenvalue weighted by Crippen LogP contribution is 2.35. The van der Waals surface area contributed by atoms with Crippen molar-refractivity contribution in [1.29, 1.82) is 0 Å². The molecule has 2 aliphatic heterocycles. The van der Waals surface area contributed by atoms with Crippen molar-refractivity contribution in [2.45, 2.75) is 17.0 Å². The Morgan fingerprint density at radius 3 is 2.55 bits per heavy atom. The van der Waals surface area contributed by atoms with Crippen LogP contribution in [0.25, 0.3) is 11.1 Å². The van der Waals surface area contributed by atoms with Crippen LogP contribution in [-0.4, -0.2) is 60.8 Å². The maximum Gasteiger partial charge on any atom is 0.257 e. The van der Waals surface area contributed by atoms with Gasteiger partial charge in [0.15, 0.2) is 0 Å². The lowest BCUT2D eigenvalue weighted by Crippen LogP contribution is -2.44. The first-order valence-corrected chi connectivity index (χ1v) is 11.4. The standard InChI is InChI=1S/C23H21N3O4S/c1-25-20-14-26(31(28,29)18-7-3-2-4-8-18)15-22(20)30-21-12-16(9-10-19(21)23(25)27)17-6-5-11-24-13-17/h2-13,20,22H,14-15H2,1H3/t20-,22+/m1/s1. The summed E-state index contributed by atoms with van der Waals surface area (Å²) in [7, 11) is -1.97. The second kappa shape index (κ2) is 7.47. The van der Waals surface area contributed by atoms with Gasteiger partial charge in [0, 0.05) is 31.5 Å². The molecule has 8 heteroatoms. The molecule has 0 bridgehead atoms. The van der Waals surface area contributed by atoms with Crippen molar-refractivity contribution in [1.82, 2.24) is 14.2 Å². The van der Waals surface area contributed by atoms with Gasteiger partial charge < -0.3 is 9.64 Å². The lowest BCUT2D eigenvalue weighted by Gasteiger charge is -2.25. The summed E-state index contributed by atoms with van der Waals surface area (Å²) in [5.74, 6) is 0.281. The van der Waals surface area contributed by atoms with Gasteiger partial charge in [0.25, 0.3) is 5.91 Å². The number of aromatic nitrogens is 1. The fourth-order valence-corrected chi connectivity index (χ4v) is 5.65. The number of carbonyl (C=O) groups excluding carboxylic acids is 1. The van der Waals surface area contributed by atoms with E-state index in [4.69, 9.17) is 4.74 Å². The number of nitrogens with zero attached hydrogens (tertiary/aromatic N) is 3. The monoisotopic (exact) mass is 435 g/mol. The molecule has 2 aromatic carbocycles. The Balaban J connectivity index is 1.49. The van der Waals surface area contributed by atoms with Crippen LogP contribution in [0.3, 0.4) is 0 Å². The first kappa shape index (κ1) is 19.7. The molecule has 3 aromatic rings. The molecule has 1 aromatic heterocycles. The summed E-state index contributed by atoms with van der Waals surface area (Å²) >= 11 is 0. The summed E-state index contributed by atoms with van der Waals surface area (Å²) in [6, 6.07) is 17.2. The van der Waals surface area contributed by atoms with Gasteiger partial charge in [-0.3, -0.25) is 9.78 Å². The molecule has 0 aliphatic carbocycles. The smallest absolute Gasteiger partial charge is 0.257 e. The van der Waals surface area contributed by atoms with E-state index in [2.05, 4.69) is 4.98 Å². The molecule has 1 fully saturated rings. The predicted octanol–water partition coefficient (Wildman–Crippen LogP) is 2.65. The van der Waals surface area contributed by atoms with Gasteiger partial charge in [-0.25, -0.2) is 8.42 Å². The van der Waals surface area contributed by atoms with Crippen LogP contribution in [0, 0.1) is 0 Å². The minimum absolute atomic E-state index is 0.177. The zero-order chi connectivity index (χ0) is 21.6. The molecule has 158 valence electrons. The number of sulfonamides is 1. The van der Waals surface area contributed by atoms with E-state index < -0.39 is 16.1 Å². The van der Waals surface area contributed by atoms with Gasteiger partial charge in [-0.05, 0) is 35.9 Å². The topological polar surface area (TPSA) is 79.8 Å². The summed E-state index contributed by atoms with van der Waals surface area (Å²) in [5, 5.41) is 0. The van der Waals surface area contributed by atoms with Gasteiger partial charge >= 0.3 is 0 Å². The number of amides is 1. The molecule has 2 atom stereocenters. The van der Waals surface area contributed by atoms with Crippen molar-refractivity contribution in [3.8, 4) is 16.9 Å². The second-order valence-corrected chi connectivity index (χ2v) is 9.67. The molecule has 31 heavy (non-hydrogen) atoms. The Bertz CT molecular complexity index is 1230. The third kappa shape index (κ3) is 3.37. The Morgan fingerprint density at radius 1 is 1.00 bits per heavy atom. The van der Waals surface area contributed by atoms with Crippen molar-refractivity contribution in [3.05, 3.63) is 78.6 Å². The Kier molecular flexibility index (Phi) is 4.75. The summed E-state index contributed by atoms with van der Waals surface area (Å²) in [6.45, 7) is 0.365. The first-order chi connectivity index (χ1) is 14.9. The number of hydrogen-bond donors (Lipinski definition) is 0. The molecule has 0 N–H and O–H groups in total. The second-order valence-electron chi connectivity index (χ2n) is 7.73. The molecule has 5 rings (SSSR count). The Morgan fingerprint density at radius 2 is 1.81 bits per heavy atom. The van der Waals surface area contributed by atoms with Crippen molar-refractivity contribution in [2.24, 2.45) is 0 Å². The van der Waals surface area contributed by atoms with Crippen LogP contribution in [0.5, 0.6) is 5.75 Å². The van der Waals surface area contributed by atoms with E-state index in [0.717, 1.165) is 11.1 Å². The van der Waals surface area contributed by atoms with E-state index in [9.17, 15) is 13.2 Å². The van der Waals surface area contributed by atoms with Crippen LogP contribution >= 0.6 is 0 Å². The van der Waals surface area contributed by atoms with E-state index >= 15 is 0 Å². The lowest BCUT2D eigenvalue weighted by molar-refractivity contribution is 0.0683. The largest absolute Gasteiger partial charge is 0.486 e. The quantitative estimate of drug-likeness (QED) is 0.632. The molecule has 7 nitrogen and oxygen atoms in total. The fourth-order valence-electron chi connectivity index (χ4n) is 4.16. The number of likely N-dealkylation sites (N-methyl/N-ethyl adjacent to an activating group) is 1. The maximum atomic E-state index is 13.1. The minimum Gasteiger partial charge on any atom is -0.486 e. The molecule has 0 saturated carbocycles. The highest BCUT2D eigenvalue weighted by atomic mass is 32.2. The zero-order valence-electron chi connectivity index (χ0n) is 16.9. The van der Waals surface area contributed by atoms with E-state index in [1.54, 1.807) is 60.7 Å². The highest BCUT2D eigenvalue weighted by Gasteiger charge is 2.46. The van der Waals surface area contributed by atoms with Crippen LogP contribution < -0.4 is 4.74 Å². The highest BCUT2D eigenvalue weighted by molar-refractivity contribution is 7.89. The van der Waals surface area contributed by atoms with Crippen molar-refractivity contribution in [2.75, 3.05) is 20.1 Å². The average Bonchev–Trinajstić information content (AvgIpc) is 3.20. The summed E-state index contributed by atoms with van der Waals surface area (Å²) in [4.78, 5) is 19.1. The van der Waals surface area contributed by atoms with Crippen LogP contribution in [0.2, 0.25) is 0 Å². The minimum atomic E-state index is -3.67.